The van der Waals surface area contributed by atoms with Gasteiger partial charge in [-0.25, -0.2) is 14.4 Å². The first-order chi connectivity index (χ1) is 10.0. The van der Waals surface area contributed by atoms with Crippen molar-refractivity contribution in [1.82, 2.24) is 9.97 Å². The van der Waals surface area contributed by atoms with E-state index < -0.39 is 0 Å². The quantitative estimate of drug-likeness (QED) is 0.819. The van der Waals surface area contributed by atoms with Gasteiger partial charge in [-0.15, -0.1) is 0 Å². The van der Waals surface area contributed by atoms with Crippen molar-refractivity contribution in [3.05, 3.63) is 54.1 Å². The molecule has 1 aromatic carbocycles. The van der Waals surface area contributed by atoms with Crippen molar-refractivity contribution in [2.75, 3.05) is 0 Å². The fourth-order valence-corrected chi connectivity index (χ4v) is 2.81. The second kappa shape index (κ2) is 5.55. The average molecular weight is 283 g/mol. The molecule has 3 heteroatoms. The summed E-state index contributed by atoms with van der Waals surface area (Å²) in [5.74, 6) is 1.34. The Morgan fingerprint density at radius 2 is 1.90 bits per heavy atom. The molecule has 1 aromatic heterocycles. The minimum atomic E-state index is -0.221. The molecule has 1 aliphatic carbocycles. The van der Waals surface area contributed by atoms with Crippen LogP contribution in [0, 0.1) is 18.7 Å². The molecule has 0 N–H and O–H groups in total. The second-order valence-electron chi connectivity index (χ2n) is 6.13. The number of rotatable bonds is 2. The third-order valence-corrected chi connectivity index (χ3v) is 4.03. The lowest BCUT2D eigenvalue weighted by Crippen LogP contribution is -2.17. The van der Waals surface area contributed by atoms with Gasteiger partial charge in [0.05, 0.1) is 5.69 Å². The molecule has 0 amide bonds. The number of benzene rings is 1. The van der Waals surface area contributed by atoms with E-state index in [1.54, 1.807) is 12.1 Å². The van der Waals surface area contributed by atoms with Crippen molar-refractivity contribution in [1.29, 1.82) is 0 Å². The summed E-state index contributed by atoms with van der Waals surface area (Å²) >= 11 is 0. The van der Waals surface area contributed by atoms with E-state index in [1.165, 1.54) is 17.7 Å². The van der Waals surface area contributed by atoms with Gasteiger partial charge in [-0.1, -0.05) is 13.8 Å². The van der Waals surface area contributed by atoms with Gasteiger partial charge >= 0.3 is 0 Å². The predicted octanol–water partition coefficient (Wildman–Crippen LogP) is 4.35. The van der Waals surface area contributed by atoms with Crippen LogP contribution in [0.4, 0.5) is 4.39 Å². The molecule has 1 heterocycles. The van der Waals surface area contributed by atoms with Crippen molar-refractivity contribution < 1.29 is 4.39 Å². The molecule has 1 aliphatic rings. The highest BCUT2D eigenvalue weighted by atomic mass is 19.1. The molecule has 0 fully saturated rings. The predicted molar refractivity (Wildman–Crippen MR) is 82.4 cm³/mol. The Morgan fingerprint density at radius 3 is 2.57 bits per heavy atom. The van der Waals surface area contributed by atoms with Crippen molar-refractivity contribution >= 4 is 0 Å². The second-order valence-corrected chi connectivity index (χ2v) is 6.13. The summed E-state index contributed by atoms with van der Waals surface area (Å²) in [7, 11) is 0. The minimum Gasteiger partial charge on any atom is -0.237 e. The number of aromatic nitrogens is 2. The normalized spacial score (nSPS) is 17.9. The van der Waals surface area contributed by atoms with Crippen LogP contribution < -0.4 is 0 Å². The molecule has 0 saturated heterocycles. The fraction of sp³-hybridized carbons (Fsp3) is 0.389. The van der Waals surface area contributed by atoms with E-state index in [1.807, 2.05) is 0 Å². The molecule has 2 aromatic rings. The maximum Gasteiger partial charge on any atom is 0.131 e. The standard InChI is InChI=1S/C18H20FN2/c1-11(2)18-20-16-9-4-12(3)10-15(16)17(21-18)13-5-7-14(19)8-6-13/h5-8,11-12H,3-4,9-10H2,1-2H3. The summed E-state index contributed by atoms with van der Waals surface area (Å²) in [5.41, 5.74) is 4.26. The Labute approximate surface area is 125 Å². The van der Waals surface area contributed by atoms with Crippen molar-refractivity contribution in [2.24, 2.45) is 5.92 Å². The molecule has 3 rings (SSSR count). The number of nitrogens with zero attached hydrogens (tertiary/aromatic N) is 2. The summed E-state index contributed by atoms with van der Waals surface area (Å²) in [5, 5.41) is 0. The lowest BCUT2D eigenvalue weighted by atomic mass is 9.85. The van der Waals surface area contributed by atoms with Gasteiger partial charge in [0.2, 0.25) is 0 Å². The topological polar surface area (TPSA) is 25.8 Å². The summed E-state index contributed by atoms with van der Waals surface area (Å²) in [6, 6.07) is 6.58. The lowest BCUT2D eigenvalue weighted by Gasteiger charge is -2.24. The molecule has 1 atom stereocenters. The SMILES string of the molecule is [CH2]C1CCc2nc(C(C)C)nc(-c3ccc(F)cc3)c2C1. The summed E-state index contributed by atoms with van der Waals surface area (Å²) < 4.78 is 13.2. The highest BCUT2D eigenvalue weighted by Gasteiger charge is 2.23. The number of halogens is 1. The van der Waals surface area contributed by atoms with E-state index >= 15 is 0 Å². The van der Waals surface area contributed by atoms with Crippen molar-refractivity contribution in [3.8, 4) is 11.3 Å². The Kier molecular flexibility index (Phi) is 3.75. The smallest absolute Gasteiger partial charge is 0.131 e. The van der Waals surface area contributed by atoms with Gasteiger partial charge in [0.15, 0.2) is 0 Å². The van der Waals surface area contributed by atoms with E-state index in [4.69, 9.17) is 9.97 Å². The minimum absolute atomic E-state index is 0.221. The number of hydrogen-bond donors (Lipinski definition) is 0. The van der Waals surface area contributed by atoms with Gasteiger partial charge in [0, 0.05) is 22.7 Å². The first kappa shape index (κ1) is 14.2. The van der Waals surface area contributed by atoms with Gasteiger partial charge in [-0.3, -0.25) is 0 Å². The van der Waals surface area contributed by atoms with Crippen LogP contribution in [0.25, 0.3) is 11.3 Å². The van der Waals surface area contributed by atoms with Gasteiger partial charge in [0.1, 0.15) is 11.6 Å². The number of hydrogen-bond acceptors (Lipinski definition) is 2. The monoisotopic (exact) mass is 283 g/mol. The molecule has 21 heavy (non-hydrogen) atoms. The van der Waals surface area contributed by atoms with Gasteiger partial charge < -0.3 is 0 Å². The number of fused-ring (bicyclic) bond motifs is 1. The third-order valence-electron chi connectivity index (χ3n) is 4.03. The third kappa shape index (κ3) is 2.82. The van der Waals surface area contributed by atoms with Crippen molar-refractivity contribution in [2.45, 2.75) is 39.0 Å². The zero-order valence-corrected chi connectivity index (χ0v) is 12.6. The molecule has 0 aliphatic heterocycles. The maximum absolute atomic E-state index is 13.2. The van der Waals surface area contributed by atoms with E-state index in [0.29, 0.717) is 5.92 Å². The van der Waals surface area contributed by atoms with Crippen LogP contribution in [0.5, 0.6) is 0 Å². The summed E-state index contributed by atoms with van der Waals surface area (Å²) in [6.07, 6.45) is 2.94. The van der Waals surface area contributed by atoms with Crippen molar-refractivity contribution in [3.63, 3.8) is 0 Å². The molecule has 0 saturated carbocycles. The van der Waals surface area contributed by atoms with Crippen LogP contribution in [0.2, 0.25) is 0 Å². The van der Waals surface area contributed by atoms with E-state index in [0.717, 1.165) is 42.0 Å². The highest BCUT2D eigenvalue weighted by molar-refractivity contribution is 5.64. The molecular formula is C18H20FN2. The first-order valence-corrected chi connectivity index (χ1v) is 7.53. The zero-order chi connectivity index (χ0) is 15.0. The largest absolute Gasteiger partial charge is 0.237 e. The summed E-state index contributed by atoms with van der Waals surface area (Å²) in [4.78, 5) is 9.50. The average Bonchev–Trinajstić information content (AvgIpc) is 2.47. The van der Waals surface area contributed by atoms with Crippen LogP contribution in [0.1, 0.15) is 43.3 Å². The molecule has 2 nitrogen and oxygen atoms in total. The van der Waals surface area contributed by atoms with Gasteiger partial charge in [-0.2, -0.15) is 0 Å². The highest BCUT2D eigenvalue weighted by Crippen LogP contribution is 2.32. The first-order valence-electron chi connectivity index (χ1n) is 7.53. The van der Waals surface area contributed by atoms with Crippen LogP contribution in [0.3, 0.4) is 0 Å². The van der Waals surface area contributed by atoms with E-state index in [-0.39, 0.29) is 11.7 Å². The zero-order valence-electron chi connectivity index (χ0n) is 12.6. The summed E-state index contributed by atoms with van der Waals surface area (Å²) in [6.45, 7) is 8.39. The molecule has 0 bridgehead atoms. The van der Waals surface area contributed by atoms with E-state index in [9.17, 15) is 4.39 Å². The molecular weight excluding hydrogens is 263 g/mol. The van der Waals surface area contributed by atoms with Gasteiger partial charge in [0.25, 0.3) is 0 Å². The maximum atomic E-state index is 13.2. The molecule has 1 unspecified atom stereocenters. The Morgan fingerprint density at radius 1 is 1.19 bits per heavy atom. The lowest BCUT2D eigenvalue weighted by molar-refractivity contribution is 0.534. The fourth-order valence-electron chi connectivity index (χ4n) is 2.81. The Bertz CT molecular complexity index is 647. The number of aryl methyl sites for hydroxylation is 1. The molecule has 0 spiro atoms. The van der Waals surface area contributed by atoms with Crippen LogP contribution >= 0.6 is 0 Å². The van der Waals surface area contributed by atoms with Crippen LogP contribution in [-0.2, 0) is 12.8 Å². The molecule has 1 radical (unpaired) electrons. The van der Waals surface area contributed by atoms with Gasteiger partial charge in [-0.05, 0) is 56.4 Å². The van der Waals surface area contributed by atoms with Crippen LogP contribution in [0.15, 0.2) is 24.3 Å². The Balaban J connectivity index is 2.16. The van der Waals surface area contributed by atoms with Crippen LogP contribution in [-0.4, -0.2) is 9.97 Å². The van der Waals surface area contributed by atoms with E-state index in [2.05, 4.69) is 20.8 Å². The Hall–Kier alpha value is -1.77. The molecule has 109 valence electrons.